The number of benzene rings is 1. The molecule has 2 N–H and O–H groups in total. The molecule has 0 spiro atoms. The maximum absolute atomic E-state index is 10.5. The molecule has 0 heterocycles. The zero-order valence-corrected chi connectivity index (χ0v) is 22.6. The van der Waals surface area contributed by atoms with E-state index in [0.29, 0.717) is 17.8 Å². The van der Waals surface area contributed by atoms with Crippen LogP contribution in [0.15, 0.2) is 99.2 Å². The average Bonchev–Trinajstić information content (AvgIpc) is 2.88. The predicted octanol–water partition coefficient (Wildman–Crippen LogP) is 6.20. The molecule has 0 aromatic heterocycles. The summed E-state index contributed by atoms with van der Waals surface area (Å²) in [5.74, 6) is -1.70. The second-order valence-corrected chi connectivity index (χ2v) is 6.73. The molecule has 1 aromatic carbocycles. The topological polar surface area (TPSA) is 110 Å². The van der Waals surface area contributed by atoms with Crippen molar-refractivity contribution in [2.45, 2.75) is 27.7 Å². The van der Waals surface area contributed by atoms with Gasteiger partial charge in [-0.05, 0) is 38.8 Å². The van der Waals surface area contributed by atoms with Gasteiger partial charge in [-0.25, -0.2) is 14.4 Å². The summed E-state index contributed by atoms with van der Waals surface area (Å²) in [6.45, 7) is 30.7. The highest BCUT2D eigenvalue weighted by Crippen LogP contribution is 2.10. The normalized spacial score (nSPS) is 8.03. The minimum Gasteiger partial charge on any atom is -0.478 e. The van der Waals surface area contributed by atoms with Crippen molar-refractivity contribution in [2.75, 3.05) is 19.8 Å². The van der Waals surface area contributed by atoms with Crippen LogP contribution in [0.1, 0.15) is 38.8 Å². The van der Waals surface area contributed by atoms with Crippen molar-refractivity contribution in [2.24, 2.45) is 0 Å². The van der Waals surface area contributed by atoms with E-state index in [9.17, 15) is 14.4 Å². The zero-order valence-electron chi connectivity index (χ0n) is 22.6. The highest BCUT2D eigenvalue weighted by Gasteiger charge is 2.00. The van der Waals surface area contributed by atoms with E-state index in [1.165, 1.54) is 6.92 Å². The van der Waals surface area contributed by atoms with Crippen LogP contribution >= 0.6 is 0 Å². The summed E-state index contributed by atoms with van der Waals surface area (Å²) in [6, 6.07) is 8.02. The van der Waals surface area contributed by atoms with Gasteiger partial charge in [-0.1, -0.05) is 94.6 Å². The van der Waals surface area contributed by atoms with Gasteiger partial charge in [0.1, 0.15) is 6.61 Å². The maximum atomic E-state index is 10.5. The van der Waals surface area contributed by atoms with Gasteiger partial charge >= 0.3 is 17.9 Å². The Morgan fingerprint density at radius 2 is 1.14 bits per heavy atom. The lowest BCUT2D eigenvalue weighted by Gasteiger charge is -1.99. The van der Waals surface area contributed by atoms with Gasteiger partial charge in [0.25, 0.3) is 0 Å². The van der Waals surface area contributed by atoms with E-state index < -0.39 is 11.9 Å². The Labute approximate surface area is 222 Å². The quantitative estimate of drug-likeness (QED) is 0.229. The monoisotopic (exact) mass is 514 g/mol. The number of rotatable bonds is 9. The lowest BCUT2D eigenvalue weighted by atomic mass is 10.1. The number of esters is 2. The molecule has 0 fully saturated rings. The molecule has 0 radical (unpaired) electrons. The molecular formula is C30H42O7. The largest absolute Gasteiger partial charge is 0.478 e. The molecule has 0 aliphatic heterocycles. The summed E-state index contributed by atoms with van der Waals surface area (Å²) >= 11 is 0. The summed E-state index contributed by atoms with van der Waals surface area (Å²) in [5.41, 5.74) is 3.25. The zero-order chi connectivity index (χ0) is 29.8. The van der Waals surface area contributed by atoms with E-state index in [4.69, 9.17) is 10.2 Å². The fourth-order valence-corrected chi connectivity index (χ4v) is 1.40. The maximum Gasteiger partial charge on any atom is 0.333 e. The van der Waals surface area contributed by atoms with E-state index >= 15 is 0 Å². The van der Waals surface area contributed by atoms with Gasteiger partial charge in [-0.3, -0.25) is 0 Å². The van der Waals surface area contributed by atoms with Crippen LogP contribution in [0.4, 0.5) is 0 Å². The van der Waals surface area contributed by atoms with Crippen molar-refractivity contribution in [1.82, 2.24) is 0 Å². The Balaban J connectivity index is -0.000000190. The minimum atomic E-state index is -0.935. The number of aliphatic hydroxyl groups excluding tert-OH is 1. The fraction of sp³-hybridized carbons (Fsp3) is 0.233. The van der Waals surface area contributed by atoms with E-state index in [0.717, 1.165) is 11.1 Å². The Morgan fingerprint density at radius 3 is 1.32 bits per heavy atom. The first-order chi connectivity index (χ1) is 17.3. The van der Waals surface area contributed by atoms with Gasteiger partial charge in [0.05, 0.1) is 13.2 Å². The first kappa shape index (κ1) is 40.0. The summed E-state index contributed by atoms with van der Waals surface area (Å²) in [7, 11) is 0. The molecule has 7 heteroatoms. The number of aliphatic carboxylic acids is 1. The number of carboxylic acids is 1. The number of aliphatic hydroxyl groups is 1. The van der Waals surface area contributed by atoms with Crippen LogP contribution in [-0.2, 0) is 23.9 Å². The van der Waals surface area contributed by atoms with Gasteiger partial charge in [0.15, 0.2) is 0 Å². The summed E-state index contributed by atoms with van der Waals surface area (Å²) in [5, 5.41) is 16.1. The molecule has 0 amide bonds. The number of ether oxygens (including phenoxy) is 2. The number of hydrogen-bond acceptors (Lipinski definition) is 6. The third-order valence-electron chi connectivity index (χ3n) is 3.26. The molecule has 0 bridgehead atoms. The van der Waals surface area contributed by atoms with Gasteiger partial charge < -0.3 is 19.7 Å². The number of carbonyl (C=O) groups is 3. The molecule has 37 heavy (non-hydrogen) atoms. The summed E-state index contributed by atoms with van der Waals surface area (Å²) in [4.78, 5) is 30.5. The first-order valence-electron chi connectivity index (χ1n) is 11.0. The van der Waals surface area contributed by atoms with Gasteiger partial charge in [-0.15, -0.1) is 0 Å². The smallest absolute Gasteiger partial charge is 0.333 e. The molecule has 1 aromatic rings. The van der Waals surface area contributed by atoms with Crippen LogP contribution in [0.25, 0.3) is 12.2 Å². The Kier molecular flexibility index (Phi) is 30.3. The standard InChI is InChI=1S/C10H10.C6H10O3.C6H10O2.C4H6O2.C4H6/c1-3-9-7-5-6-8-10(9)4-2;1-5(2)6(8)9-4-3-7;1-4-8-6(7)5(2)3;1-3(2)4(5)6;1-3-4-2/h3-8H,1-2H2;7H,1,3-4H2,2H3;2,4H2,1,3H3;1H2,2H3,(H,5,6);3-4H,1-2H2. The molecule has 0 aliphatic rings. The Bertz CT molecular complexity index is 863. The summed E-state index contributed by atoms with van der Waals surface area (Å²) < 4.78 is 9.03. The molecule has 0 aliphatic carbocycles. The number of carboxylic acid groups (broad SMARTS) is 1. The third kappa shape index (κ3) is 29.7. The predicted molar refractivity (Wildman–Crippen MR) is 154 cm³/mol. The summed E-state index contributed by atoms with van der Waals surface area (Å²) in [6.07, 6.45) is 6.94. The van der Waals surface area contributed by atoms with Crippen molar-refractivity contribution in [3.8, 4) is 0 Å². The highest BCUT2D eigenvalue weighted by atomic mass is 16.5. The SMILES string of the molecule is C=C(C)C(=O)O.C=C(C)C(=O)OCC.C=C(C)C(=O)OCCO.C=CC=C.C=Cc1ccccc1C=C. The van der Waals surface area contributed by atoms with Crippen LogP contribution in [0.2, 0.25) is 0 Å². The fourth-order valence-electron chi connectivity index (χ4n) is 1.40. The van der Waals surface area contributed by atoms with Crippen molar-refractivity contribution in [3.63, 3.8) is 0 Å². The molecule has 0 saturated heterocycles. The minimum absolute atomic E-state index is 0.0473. The molecule has 204 valence electrons. The third-order valence-corrected chi connectivity index (χ3v) is 3.26. The number of allylic oxidation sites excluding steroid dienone is 2. The molecule has 0 unspecified atom stereocenters. The lowest BCUT2D eigenvalue weighted by molar-refractivity contribution is -0.140. The van der Waals surface area contributed by atoms with Crippen LogP contribution < -0.4 is 0 Å². The average molecular weight is 515 g/mol. The lowest BCUT2D eigenvalue weighted by Crippen LogP contribution is -2.08. The Morgan fingerprint density at radius 1 is 0.784 bits per heavy atom. The van der Waals surface area contributed by atoms with Gasteiger partial charge in [0.2, 0.25) is 0 Å². The molecular weight excluding hydrogens is 472 g/mol. The van der Waals surface area contributed by atoms with Crippen LogP contribution in [0.5, 0.6) is 0 Å². The van der Waals surface area contributed by atoms with Gasteiger partial charge in [0, 0.05) is 16.7 Å². The van der Waals surface area contributed by atoms with E-state index in [1.807, 2.05) is 36.4 Å². The van der Waals surface area contributed by atoms with Crippen molar-refractivity contribution >= 4 is 30.1 Å². The van der Waals surface area contributed by atoms with E-state index in [1.54, 1.807) is 32.9 Å². The Hall–Kier alpha value is -4.23. The van der Waals surface area contributed by atoms with Crippen molar-refractivity contribution in [1.29, 1.82) is 0 Å². The van der Waals surface area contributed by atoms with Crippen LogP contribution in [0.3, 0.4) is 0 Å². The van der Waals surface area contributed by atoms with E-state index in [2.05, 4.69) is 55.5 Å². The van der Waals surface area contributed by atoms with Crippen LogP contribution in [0, 0.1) is 0 Å². The molecule has 0 atom stereocenters. The molecule has 0 saturated carbocycles. The first-order valence-corrected chi connectivity index (χ1v) is 11.0. The van der Waals surface area contributed by atoms with Crippen LogP contribution in [-0.4, -0.2) is 47.9 Å². The van der Waals surface area contributed by atoms with Crippen molar-refractivity contribution in [3.05, 3.63) is 110 Å². The second-order valence-electron chi connectivity index (χ2n) is 6.73. The number of carbonyl (C=O) groups excluding carboxylic acids is 2. The molecule has 7 nitrogen and oxygen atoms in total. The second kappa shape index (κ2) is 28.0. The molecule has 1 rings (SSSR count). The highest BCUT2D eigenvalue weighted by molar-refractivity contribution is 5.87. The van der Waals surface area contributed by atoms with E-state index in [-0.39, 0.29) is 24.8 Å². The number of hydrogen-bond donors (Lipinski definition) is 2. The van der Waals surface area contributed by atoms with Gasteiger partial charge in [-0.2, -0.15) is 0 Å². The van der Waals surface area contributed by atoms with Crippen molar-refractivity contribution < 1.29 is 34.1 Å².